The van der Waals surface area contributed by atoms with Crippen molar-refractivity contribution in [2.24, 2.45) is 0 Å². The standard InChI is InChI=1S/C30H29NO5/c1-5-18-6-8-20(9-7-18)27(32)25-26(19-10-12-21(13-11-19)30(2,3)4)31(29(34)28(25)33)22-14-15-23-24(16-22)36-17-35-23/h6-16,26,32H,5,17H2,1-4H3/b27-25+. The Hall–Kier alpha value is -4.06. The van der Waals surface area contributed by atoms with E-state index in [0.29, 0.717) is 22.7 Å². The van der Waals surface area contributed by atoms with Gasteiger partial charge in [-0.2, -0.15) is 0 Å². The van der Waals surface area contributed by atoms with Gasteiger partial charge in [0.2, 0.25) is 6.79 Å². The number of carbonyl (C=O) groups excluding carboxylic acids is 2. The highest BCUT2D eigenvalue weighted by atomic mass is 16.7. The SMILES string of the molecule is CCc1ccc(/C(O)=C2\C(=O)C(=O)N(c3ccc4c(c3)OCO4)C2c2ccc(C(C)(C)C)cc2)cc1. The van der Waals surface area contributed by atoms with Gasteiger partial charge in [-0.1, -0.05) is 76.2 Å². The van der Waals surface area contributed by atoms with Gasteiger partial charge in [-0.15, -0.1) is 0 Å². The number of ketones is 1. The second kappa shape index (κ2) is 8.86. The van der Waals surface area contributed by atoms with E-state index in [0.717, 1.165) is 23.1 Å². The molecule has 2 aliphatic heterocycles. The molecule has 0 saturated carbocycles. The van der Waals surface area contributed by atoms with Crippen molar-refractivity contribution >= 4 is 23.1 Å². The second-order valence-electron chi connectivity index (χ2n) is 10.1. The number of amides is 1. The Kier molecular flexibility index (Phi) is 5.83. The monoisotopic (exact) mass is 483 g/mol. The molecule has 2 heterocycles. The number of nitrogens with zero attached hydrogens (tertiary/aromatic N) is 1. The number of ether oxygens (including phenoxy) is 2. The number of aryl methyl sites for hydroxylation is 1. The zero-order valence-electron chi connectivity index (χ0n) is 20.9. The van der Waals surface area contributed by atoms with Crippen molar-refractivity contribution in [1.29, 1.82) is 0 Å². The summed E-state index contributed by atoms with van der Waals surface area (Å²) in [4.78, 5) is 28.3. The summed E-state index contributed by atoms with van der Waals surface area (Å²) >= 11 is 0. The number of hydrogen-bond donors (Lipinski definition) is 1. The number of rotatable bonds is 4. The van der Waals surface area contributed by atoms with E-state index in [1.54, 1.807) is 30.3 Å². The first-order valence-corrected chi connectivity index (χ1v) is 12.1. The molecule has 0 radical (unpaired) electrons. The second-order valence-corrected chi connectivity index (χ2v) is 10.1. The lowest BCUT2D eigenvalue weighted by Gasteiger charge is -2.26. The van der Waals surface area contributed by atoms with Crippen molar-refractivity contribution in [3.8, 4) is 11.5 Å². The summed E-state index contributed by atoms with van der Waals surface area (Å²) in [6.45, 7) is 8.53. The minimum Gasteiger partial charge on any atom is -0.507 e. The van der Waals surface area contributed by atoms with Gasteiger partial charge in [-0.25, -0.2) is 0 Å². The number of Topliss-reactive ketones (excluding diaryl/α,β-unsaturated/α-hetero) is 1. The topological polar surface area (TPSA) is 76.1 Å². The maximum atomic E-state index is 13.4. The van der Waals surface area contributed by atoms with Crippen LogP contribution in [0.2, 0.25) is 0 Å². The van der Waals surface area contributed by atoms with Gasteiger partial charge in [0.1, 0.15) is 5.76 Å². The molecule has 1 saturated heterocycles. The first-order chi connectivity index (χ1) is 17.2. The van der Waals surface area contributed by atoms with Gasteiger partial charge in [0.05, 0.1) is 11.6 Å². The molecule has 1 atom stereocenters. The van der Waals surface area contributed by atoms with E-state index < -0.39 is 17.7 Å². The third kappa shape index (κ3) is 4.02. The zero-order chi connectivity index (χ0) is 25.6. The molecule has 6 nitrogen and oxygen atoms in total. The lowest BCUT2D eigenvalue weighted by molar-refractivity contribution is -0.132. The Balaban J connectivity index is 1.67. The van der Waals surface area contributed by atoms with E-state index in [9.17, 15) is 14.7 Å². The van der Waals surface area contributed by atoms with Crippen molar-refractivity contribution < 1.29 is 24.2 Å². The van der Waals surface area contributed by atoms with Crippen molar-refractivity contribution in [3.05, 3.63) is 94.6 Å². The van der Waals surface area contributed by atoms with Crippen LogP contribution in [0.1, 0.15) is 56.0 Å². The Morgan fingerprint density at radius 2 is 1.61 bits per heavy atom. The summed E-state index contributed by atoms with van der Waals surface area (Å²) in [6.07, 6.45) is 0.857. The van der Waals surface area contributed by atoms with Gasteiger partial charge in [0.25, 0.3) is 11.7 Å². The number of carbonyl (C=O) groups is 2. The van der Waals surface area contributed by atoms with Crippen molar-refractivity contribution in [2.45, 2.75) is 45.6 Å². The number of benzene rings is 3. The molecule has 1 unspecified atom stereocenters. The third-order valence-corrected chi connectivity index (χ3v) is 6.81. The average molecular weight is 484 g/mol. The molecular formula is C30H29NO5. The van der Waals surface area contributed by atoms with Gasteiger partial charge >= 0.3 is 0 Å². The lowest BCUT2D eigenvalue weighted by atomic mass is 9.85. The number of anilines is 1. The minimum atomic E-state index is -0.801. The fourth-order valence-corrected chi connectivity index (χ4v) is 4.67. The highest BCUT2D eigenvalue weighted by Crippen LogP contribution is 2.45. The first kappa shape index (κ1) is 23.7. The number of aliphatic hydroxyl groups excluding tert-OH is 1. The minimum absolute atomic E-state index is 0.0569. The van der Waals surface area contributed by atoms with E-state index in [4.69, 9.17) is 9.47 Å². The molecule has 1 N–H and O–H groups in total. The highest BCUT2D eigenvalue weighted by molar-refractivity contribution is 6.51. The van der Waals surface area contributed by atoms with Crippen LogP contribution in [-0.2, 0) is 21.4 Å². The number of aliphatic hydroxyl groups is 1. The van der Waals surface area contributed by atoms with Crippen LogP contribution in [0.25, 0.3) is 5.76 Å². The van der Waals surface area contributed by atoms with E-state index in [2.05, 4.69) is 20.8 Å². The molecule has 0 bridgehead atoms. The summed E-state index contributed by atoms with van der Waals surface area (Å²) in [6, 6.07) is 19.6. The molecule has 36 heavy (non-hydrogen) atoms. The molecule has 3 aromatic rings. The average Bonchev–Trinajstić information content (AvgIpc) is 3.45. The smallest absolute Gasteiger partial charge is 0.300 e. The summed E-state index contributed by atoms with van der Waals surface area (Å²) in [5.41, 5.74) is 3.96. The summed E-state index contributed by atoms with van der Waals surface area (Å²) < 4.78 is 10.9. The normalized spacial score (nSPS) is 18.7. The molecule has 6 heteroatoms. The number of hydrogen-bond acceptors (Lipinski definition) is 5. The van der Waals surface area contributed by atoms with Crippen LogP contribution in [0, 0.1) is 0 Å². The Morgan fingerprint density at radius 3 is 2.25 bits per heavy atom. The largest absolute Gasteiger partial charge is 0.507 e. The van der Waals surface area contributed by atoms with Crippen molar-refractivity contribution in [2.75, 3.05) is 11.7 Å². The van der Waals surface area contributed by atoms with Gasteiger partial charge in [-0.05, 0) is 40.7 Å². The molecule has 184 valence electrons. The summed E-state index contributed by atoms with van der Waals surface area (Å²) in [5.74, 6) is -0.534. The van der Waals surface area contributed by atoms with Gasteiger partial charge < -0.3 is 14.6 Å². The van der Waals surface area contributed by atoms with Crippen molar-refractivity contribution in [3.63, 3.8) is 0 Å². The Labute approximate surface area is 210 Å². The lowest BCUT2D eigenvalue weighted by Crippen LogP contribution is -2.29. The van der Waals surface area contributed by atoms with E-state index in [1.807, 2.05) is 43.3 Å². The number of fused-ring (bicyclic) bond motifs is 1. The van der Waals surface area contributed by atoms with Gasteiger partial charge in [-0.3, -0.25) is 14.5 Å². The molecule has 3 aromatic carbocycles. The molecule has 0 aromatic heterocycles. The van der Waals surface area contributed by atoms with Crippen LogP contribution in [0.5, 0.6) is 11.5 Å². The molecule has 0 spiro atoms. The fraction of sp³-hybridized carbons (Fsp3) is 0.267. The van der Waals surface area contributed by atoms with Crippen LogP contribution in [-0.4, -0.2) is 23.6 Å². The predicted octanol–water partition coefficient (Wildman–Crippen LogP) is 5.90. The van der Waals surface area contributed by atoms with Gasteiger partial charge in [0, 0.05) is 17.3 Å². The zero-order valence-corrected chi connectivity index (χ0v) is 20.9. The van der Waals surface area contributed by atoms with E-state index >= 15 is 0 Å². The summed E-state index contributed by atoms with van der Waals surface area (Å²) in [7, 11) is 0. The summed E-state index contributed by atoms with van der Waals surface area (Å²) in [5, 5.41) is 11.3. The molecule has 5 rings (SSSR count). The van der Waals surface area contributed by atoms with Crippen LogP contribution in [0.4, 0.5) is 5.69 Å². The highest BCUT2D eigenvalue weighted by Gasteiger charge is 2.47. The molecule has 2 aliphatic rings. The van der Waals surface area contributed by atoms with Crippen LogP contribution in [0.15, 0.2) is 72.3 Å². The molecule has 0 aliphatic carbocycles. The molecular weight excluding hydrogens is 454 g/mol. The van der Waals surface area contributed by atoms with Crippen molar-refractivity contribution in [1.82, 2.24) is 0 Å². The van der Waals surface area contributed by atoms with Crippen LogP contribution in [0.3, 0.4) is 0 Å². The van der Waals surface area contributed by atoms with E-state index in [1.165, 1.54) is 4.90 Å². The van der Waals surface area contributed by atoms with Gasteiger partial charge in [0.15, 0.2) is 11.5 Å². The molecule has 1 fully saturated rings. The maximum Gasteiger partial charge on any atom is 0.300 e. The van der Waals surface area contributed by atoms with E-state index in [-0.39, 0.29) is 23.5 Å². The Bertz CT molecular complexity index is 1360. The Morgan fingerprint density at radius 1 is 0.944 bits per heavy atom. The fourth-order valence-electron chi connectivity index (χ4n) is 4.67. The predicted molar refractivity (Wildman–Crippen MR) is 138 cm³/mol. The quantitative estimate of drug-likeness (QED) is 0.284. The van der Waals surface area contributed by atoms with Crippen LogP contribution >= 0.6 is 0 Å². The van der Waals surface area contributed by atoms with Crippen LogP contribution < -0.4 is 14.4 Å². The third-order valence-electron chi connectivity index (χ3n) is 6.81. The maximum absolute atomic E-state index is 13.4. The first-order valence-electron chi connectivity index (χ1n) is 12.1. The molecule has 1 amide bonds.